The molecule has 0 atom stereocenters. The highest BCUT2D eigenvalue weighted by molar-refractivity contribution is 7.92. The van der Waals surface area contributed by atoms with E-state index in [-0.39, 0.29) is 28.8 Å². The van der Waals surface area contributed by atoms with Crippen molar-refractivity contribution >= 4 is 28.2 Å². The van der Waals surface area contributed by atoms with Crippen molar-refractivity contribution in [2.45, 2.75) is 30.9 Å². The number of carbonyl (C=O) groups excluding carboxylic acids is 1. The predicted molar refractivity (Wildman–Crippen MR) is 86.9 cm³/mol. The van der Waals surface area contributed by atoms with E-state index in [0.717, 1.165) is 6.54 Å². The normalized spacial score (nSPS) is 11.0. The zero-order valence-electron chi connectivity index (χ0n) is 12.5. The van der Waals surface area contributed by atoms with Crippen molar-refractivity contribution in [3.05, 3.63) is 29.8 Å². The minimum atomic E-state index is -3.46. The Kier molecular flexibility index (Phi) is 8.54. The van der Waals surface area contributed by atoms with Crippen LogP contribution in [0.15, 0.2) is 29.2 Å². The first-order chi connectivity index (χ1) is 9.41. The number of benzene rings is 1. The molecular weight excluding hydrogens is 312 g/mol. The number of sulfone groups is 1. The third-order valence-electron chi connectivity index (χ3n) is 2.90. The minimum Gasteiger partial charge on any atom is -0.351 e. The van der Waals surface area contributed by atoms with E-state index in [4.69, 9.17) is 0 Å². The molecule has 7 heteroatoms. The SMILES string of the molecule is CCNCCNC(=O)c1ccccc1S(=O)(=O)C(C)C.Cl. The van der Waals surface area contributed by atoms with Crippen LogP contribution >= 0.6 is 12.4 Å². The average Bonchev–Trinajstić information content (AvgIpc) is 2.43. The van der Waals surface area contributed by atoms with Crippen LogP contribution in [0.3, 0.4) is 0 Å². The van der Waals surface area contributed by atoms with Crippen LogP contribution in [-0.2, 0) is 9.84 Å². The van der Waals surface area contributed by atoms with Gasteiger partial charge < -0.3 is 10.6 Å². The highest BCUT2D eigenvalue weighted by Gasteiger charge is 2.24. The summed E-state index contributed by atoms with van der Waals surface area (Å²) in [5.41, 5.74) is 0.206. The maximum atomic E-state index is 12.2. The third kappa shape index (κ3) is 5.30. The molecule has 0 fully saturated rings. The Balaban J connectivity index is 0.00000400. The zero-order chi connectivity index (χ0) is 15.2. The maximum absolute atomic E-state index is 12.2. The van der Waals surface area contributed by atoms with Crippen molar-refractivity contribution in [1.29, 1.82) is 0 Å². The summed E-state index contributed by atoms with van der Waals surface area (Å²) in [6.07, 6.45) is 0. The number of hydrogen-bond donors (Lipinski definition) is 2. The van der Waals surface area contributed by atoms with E-state index in [9.17, 15) is 13.2 Å². The fourth-order valence-corrected chi connectivity index (χ4v) is 2.94. The van der Waals surface area contributed by atoms with Crippen molar-refractivity contribution in [1.82, 2.24) is 10.6 Å². The molecule has 1 rings (SSSR count). The number of rotatable bonds is 7. The van der Waals surface area contributed by atoms with Crippen LogP contribution in [0.1, 0.15) is 31.1 Å². The number of carbonyl (C=O) groups is 1. The van der Waals surface area contributed by atoms with Crippen LogP contribution in [0, 0.1) is 0 Å². The fraction of sp³-hybridized carbons (Fsp3) is 0.500. The van der Waals surface area contributed by atoms with E-state index in [0.29, 0.717) is 13.1 Å². The summed E-state index contributed by atoms with van der Waals surface area (Å²) in [4.78, 5) is 12.2. The second-order valence-corrected chi connectivity index (χ2v) is 7.17. The molecule has 0 aromatic heterocycles. The van der Waals surface area contributed by atoms with Crippen LogP contribution < -0.4 is 10.6 Å². The molecule has 0 saturated carbocycles. The summed E-state index contributed by atoms with van der Waals surface area (Å²) in [7, 11) is -3.46. The van der Waals surface area contributed by atoms with Crippen molar-refractivity contribution in [2.24, 2.45) is 0 Å². The second-order valence-electron chi connectivity index (χ2n) is 4.70. The van der Waals surface area contributed by atoms with E-state index in [1.165, 1.54) is 12.1 Å². The first-order valence-corrected chi connectivity index (χ1v) is 8.27. The maximum Gasteiger partial charge on any atom is 0.252 e. The molecule has 0 aliphatic heterocycles. The summed E-state index contributed by atoms with van der Waals surface area (Å²) >= 11 is 0. The summed E-state index contributed by atoms with van der Waals surface area (Å²) in [6.45, 7) is 7.13. The van der Waals surface area contributed by atoms with Gasteiger partial charge in [0.1, 0.15) is 0 Å². The molecule has 0 aliphatic rings. The quantitative estimate of drug-likeness (QED) is 0.743. The highest BCUT2D eigenvalue weighted by atomic mass is 35.5. The molecule has 0 radical (unpaired) electrons. The van der Waals surface area contributed by atoms with Crippen molar-refractivity contribution in [3.8, 4) is 0 Å². The lowest BCUT2D eigenvalue weighted by molar-refractivity contribution is 0.0950. The number of nitrogens with one attached hydrogen (secondary N) is 2. The lowest BCUT2D eigenvalue weighted by Crippen LogP contribution is -2.32. The molecule has 0 unspecified atom stereocenters. The highest BCUT2D eigenvalue weighted by Crippen LogP contribution is 2.20. The van der Waals surface area contributed by atoms with E-state index >= 15 is 0 Å². The van der Waals surface area contributed by atoms with E-state index in [1.54, 1.807) is 26.0 Å². The molecule has 1 amide bonds. The van der Waals surface area contributed by atoms with Gasteiger partial charge in [0, 0.05) is 13.1 Å². The average molecular weight is 335 g/mol. The summed E-state index contributed by atoms with van der Waals surface area (Å²) in [5.74, 6) is -0.359. The molecule has 1 aromatic rings. The van der Waals surface area contributed by atoms with Crippen LogP contribution in [0.5, 0.6) is 0 Å². The Morgan fingerprint density at radius 3 is 2.38 bits per heavy atom. The molecular formula is C14H23ClN2O3S. The molecule has 2 N–H and O–H groups in total. The smallest absolute Gasteiger partial charge is 0.252 e. The summed E-state index contributed by atoms with van der Waals surface area (Å²) in [5, 5.41) is 5.25. The Bertz CT molecular complexity index is 559. The number of likely N-dealkylation sites (N-methyl/N-ethyl adjacent to an activating group) is 1. The van der Waals surface area contributed by atoms with Gasteiger partial charge in [0.25, 0.3) is 5.91 Å². The van der Waals surface area contributed by atoms with Gasteiger partial charge in [0.2, 0.25) is 0 Å². The molecule has 0 spiro atoms. The van der Waals surface area contributed by atoms with Gasteiger partial charge in [-0.05, 0) is 32.5 Å². The van der Waals surface area contributed by atoms with E-state index in [1.807, 2.05) is 6.92 Å². The summed E-state index contributed by atoms with van der Waals surface area (Å²) in [6, 6.07) is 6.32. The lowest BCUT2D eigenvalue weighted by atomic mass is 10.2. The van der Waals surface area contributed by atoms with Gasteiger partial charge in [0.15, 0.2) is 9.84 Å². The molecule has 120 valence electrons. The molecule has 1 aromatic carbocycles. The third-order valence-corrected chi connectivity index (χ3v) is 5.11. The largest absolute Gasteiger partial charge is 0.351 e. The topological polar surface area (TPSA) is 75.3 Å². The monoisotopic (exact) mass is 334 g/mol. The number of amides is 1. The molecule has 0 bridgehead atoms. The van der Waals surface area contributed by atoms with Gasteiger partial charge in [-0.3, -0.25) is 4.79 Å². The molecule has 0 heterocycles. The molecule has 21 heavy (non-hydrogen) atoms. The van der Waals surface area contributed by atoms with Crippen LogP contribution in [0.2, 0.25) is 0 Å². The van der Waals surface area contributed by atoms with Gasteiger partial charge in [0.05, 0.1) is 15.7 Å². The Morgan fingerprint density at radius 2 is 1.81 bits per heavy atom. The standard InChI is InChI=1S/C14H22N2O3S.ClH/c1-4-15-9-10-16-14(17)12-7-5-6-8-13(12)20(18,19)11(2)3;/h5-8,11,15H,4,9-10H2,1-3H3,(H,16,17);1H. The fourth-order valence-electron chi connectivity index (χ4n) is 1.69. The van der Waals surface area contributed by atoms with Gasteiger partial charge in [-0.25, -0.2) is 8.42 Å². The zero-order valence-corrected chi connectivity index (χ0v) is 14.2. The minimum absolute atomic E-state index is 0. The van der Waals surface area contributed by atoms with Gasteiger partial charge in [-0.15, -0.1) is 12.4 Å². The van der Waals surface area contributed by atoms with E-state index in [2.05, 4.69) is 10.6 Å². The van der Waals surface area contributed by atoms with Crippen molar-refractivity contribution < 1.29 is 13.2 Å². The van der Waals surface area contributed by atoms with Gasteiger partial charge in [-0.2, -0.15) is 0 Å². The Hall–Kier alpha value is -1.11. The second kappa shape index (κ2) is 9.02. The van der Waals surface area contributed by atoms with Crippen LogP contribution in [0.25, 0.3) is 0 Å². The number of halogens is 1. The van der Waals surface area contributed by atoms with Crippen LogP contribution in [0.4, 0.5) is 0 Å². The van der Waals surface area contributed by atoms with Gasteiger partial charge in [-0.1, -0.05) is 19.1 Å². The summed E-state index contributed by atoms with van der Waals surface area (Å²) < 4.78 is 24.5. The van der Waals surface area contributed by atoms with Crippen LogP contribution in [-0.4, -0.2) is 39.2 Å². The Morgan fingerprint density at radius 1 is 1.19 bits per heavy atom. The predicted octanol–water partition coefficient (Wildman–Crippen LogP) is 1.63. The molecule has 5 nitrogen and oxygen atoms in total. The van der Waals surface area contributed by atoms with Crippen molar-refractivity contribution in [2.75, 3.05) is 19.6 Å². The van der Waals surface area contributed by atoms with Gasteiger partial charge >= 0.3 is 0 Å². The lowest BCUT2D eigenvalue weighted by Gasteiger charge is -2.13. The first kappa shape index (κ1) is 19.9. The van der Waals surface area contributed by atoms with Crippen molar-refractivity contribution in [3.63, 3.8) is 0 Å². The van der Waals surface area contributed by atoms with E-state index < -0.39 is 15.1 Å². The molecule has 0 saturated heterocycles. The molecule has 0 aliphatic carbocycles. The Labute approximate surface area is 132 Å². The number of hydrogen-bond acceptors (Lipinski definition) is 4. The first-order valence-electron chi connectivity index (χ1n) is 6.73.